The highest BCUT2D eigenvalue weighted by atomic mass is 35.5. The summed E-state index contributed by atoms with van der Waals surface area (Å²) in [4.78, 5) is 9.31. The molecular formula is C19H17ClN6O. The molecule has 1 aliphatic heterocycles. The van der Waals surface area contributed by atoms with E-state index in [1.807, 2.05) is 50.0 Å². The van der Waals surface area contributed by atoms with Crippen LogP contribution in [0.1, 0.15) is 34.2 Å². The van der Waals surface area contributed by atoms with Crippen LogP contribution in [-0.4, -0.2) is 29.5 Å². The third-order valence-corrected chi connectivity index (χ3v) is 5.30. The molecule has 0 unspecified atom stereocenters. The van der Waals surface area contributed by atoms with Gasteiger partial charge in [0.1, 0.15) is 5.76 Å². The molecule has 0 spiro atoms. The predicted molar refractivity (Wildman–Crippen MR) is 100 cm³/mol. The summed E-state index contributed by atoms with van der Waals surface area (Å²) in [6.45, 7) is 6.45. The Labute approximate surface area is 160 Å². The number of imidazole rings is 1. The molecule has 4 aromatic rings. The zero-order chi connectivity index (χ0) is 18.7. The van der Waals surface area contributed by atoms with Crippen LogP contribution in [0.3, 0.4) is 0 Å². The summed E-state index contributed by atoms with van der Waals surface area (Å²) >= 11 is 6.29. The highest BCUT2D eigenvalue weighted by Crippen LogP contribution is 2.33. The Bertz CT molecular complexity index is 1170. The molecule has 4 heterocycles. The Balaban J connectivity index is 1.68. The van der Waals surface area contributed by atoms with Gasteiger partial charge in [-0.2, -0.15) is 5.10 Å². The van der Waals surface area contributed by atoms with Gasteiger partial charge in [0, 0.05) is 22.6 Å². The normalized spacial score (nSPS) is 12.4. The van der Waals surface area contributed by atoms with Crippen LogP contribution in [0.5, 0.6) is 0 Å². The van der Waals surface area contributed by atoms with Gasteiger partial charge in [-0.05, 0) is 39.0 Å². The average molecular weight is 381 g/mol. The third kappa shape index (κ3) is 2.49. The van der Waals surface area contributed by atoms with Crippen molar-refractivity contribution in [1.82, 2.24) is 29.5 Å². The van der Waals surface area contributed by atoms with Crippen LogP contribution in [0.4, 0.5) is 0 Å². The Kier molecular flexibility index (Phi) is 3.48. The zero-order valence-electron chi connectivity index (χ0n) is 15.2. The fourth-order valence-corrected chi connectivity index (χ4v) is 3.76. The molecule has 0 bridgehead atoms. The van der Waals surface area contributed by atoms with Crippen molar-refractivity contribution in [3.63, 3.8) is 0 Å². The van der Waals surface area contributed by atoms with Crippen molar-refractivity contribution in [2.75, 3.05) is 0 Å². The van der Waals surface area contributed by atoms with E-state index in [1.165, 1.54) is 0 Å². The lowest BCUT2D eigenvalue weighted by atomic mass is 10.1. The van der Waals surface area contributed by atoms with Crippen molar-refractivity contribution < 1.29 is 4.52 Å². The summed E-state index contributed by atoms with van der Waals surface area (Å²) in [5, 5.41) is 9.46. The molecule has 1 aliphatic rings. The Hall–Kier alpha value is -2.93. The van der Waals surface area contributed by atoms with Crippen molar-refractivity contribution in [1.29, 1.82) is 0 Å². The number of halogens is 1. The van der Waals surface area contributed by atoms with Crippen molar-refractivity contribution in [2.45, 2.75) is 33.7 Å². The fraction of sp³-hybridized carbons (Fsp3) is 0.263. The molecular weight excluding hydrogens is 364 g/mol. The number of hydrogen-bond acceptors (Lipinski definition) is 5. The van der Waals surface area contributed by atoms with E-state index in [0.29, 0.717) is 18.0 Å². The summed E-state index contributed by atoms with van der Waals surface area (Å²) < 4.78 is 9.29. The molecule has 8 heteroatoms. The Morgan fingerprint density at radius 3 is 2.81 bits per heavy atom. The molecule has 3 aromatic heterocycles. The Morgan fingerprint density at radius 2 is 2.04 bits per heavy atom. The minimum absolute atomic E-state index is 0.579. The lowest BCUT2D eigenvalue weighted by Crippen LogP contribution is -2.06. The standard InChI is InChI=1S/C19H17ClN6O/c1-10-14(12(3)27-24-10)7-18-22-19-15-6-13(20)4-5-16(15)25-9-21-11(2)17(25)8-26(19)23-18/h4-6,9H,7-8H2,1-3H3. The molecule has 27 heavy (non-hydrogen) atoms. The first-order valence-corrected chi connectivity index (χ1v) is 9.07. The molecule has 1 aromatic carbocycles. The zero-order valence-corrected chi connectivity index (χ0v) is 15.9. The number of hydrogen-bond donors (Lipinski definition) is 0. The molecule has 0 aliphatic carbocycles. The van der Waals surface area contributed by atoms with E-state index in [2.05, 4.69) is 14.7 Å². The van der Waals surface area contributed by atoms with Gasteiger partial charge in [0.15, 0.2) is 11.6 Å². The SMILES string of the molecule is Cc1noc(C)c1Cc1nc2n(n1)Cc1c(C)ncn1-c1ccc(Cl)cc1-2. The summed E-state index contributed by atoms with van der Waals surface area (Å²) in [6.07, 6.45) is 2.42. The number of fused-ring (bicyclic) bond motifs is 5. The molecule has 0 radical (unpaired) electrons. The van der Waals surface area contributed by atoms with E-state index in [4.69, 9.17) is 26.2 Å². The molecule has 0 atom stereocenters. The van der Waals surface area contributed by atoms with Gasteiger partial charge < -0.3 is 9.09 Å². The second-order valence-electron chi connectivity index (χ2n) is 6.80. The van der Waals surface area contributed by atoms with Gasteiger partial charge in [0.05, 0.1) is 35.6 Å². The first-order chi connectivity index (χ1) is 13.0. The van der Waals surface area contributed by atoms with Gasteiger partial charge >= 0.3 is 0 Å². The molecule has 136 valence electrons. The monoisotopic (exact) mass is 380 g/mol. The van der Waals surface area contributed by atoms with Crippen molar-refractivity contribution in [3.8, 4) is 17.1 Å². The number of aromatic nitrogens is 6. The largest absolute Gasteiger partial charge is 0.361 e. The molecule has 5 rings (SSSR count). The van der Waals surface area contributed by atoms with E-state index in [9.17, 15) is 0 Å². The van der Waals surface area contributed by atoms with Crippen LogP contribution >= 0.6 is 11.6 Å². The lowest BCUT2D eigenvalue weighted by molar-refractivity contribution is 0.392. The van der Waals surface area contributed by atoms with Crippen LogP contribution in [-0.2, 0) is 13.0 Å². The first-order valence-electron chi connectivity index (χ1n) is 8.70. The maximum absolute atomic E-state index is 6.29. The molecule has 0 saturated heterocycles. The van der Waals surface area contributed by atoms with Gasteiger partial charge in [-0.3, -0.25) is 0 Å². The minimum atomic E-state index is 0.579. The Morgan fingerprint density at radius 1 is 1.19 bits per heavy atom. The first kappa shape index (κ1) is 16.3. The smallest absolute Gasteiger partial charge is 0.160 e. The van der Waals surface area contributed by atoms with Crippen molar-refractivity contribution >= 4 is 11.6 Å². The van der Waals surface area contributed by atoms with Crippen LogP contribution in [0.15, 0.2) is 29.0 Å². The number of rotatable bonds is 2. The number of aryl methyl sites for hydroxylation is 3. The van der Waals surface area contributed by atoms with E-state index >= 15 is 0 Å². The summed E-state index contributed by atoms with van der Waals surface area (Å²) in [5.41, 5.74) is 5.91. The van der Waals surface area contributed by atoms with E-state index in [-0.39, 0.29) is 0 Å². The van der Waals surface area contributed by atoms with Gasteiger partial charge in [-0.1, -0.05) is 16.8 Å². The number of nitrogens with zero attached hydrogens (tertiary/aromatic N) is 6. The second-order valence-corrected chi connectivity index (χ2v) is 7.23. The van der Waals surface area contributed by atoms with Gasteiger partial charge in [-0.15, -0.1) is 0 Å². The van der Waals surface area contributed by atoms with E-state index in [1.54, 1.807) is 0 Å². The molecule has 0 fully saturated rings. The summed E-state index contributed by atoms with van der Waals surface area (Å²) in [6, 6.07) is 5.82. The third-order valence-electron chi connectivity index (χ3n) is 5.07. The summed E-state index contributed by atoms with van der Waals surface area (Å²) in [7, 11) is 0. The van der Waals surface area contributed by atoms with Crippen LogP contribution in [0.2, 0.25) is 5.02 Å². The van der Waals surface area contributed by atoms with Crippen LogP contribution in [0.25, 0.3) is 17.1 Å². The predicted octanol–water partition coefficient (Wildman–Crippen LogP) is 3.65. The van der Waals surface area contributed by atoms with E-state index < -0.39 is 0 Å². The van der Waals surface area contributed by atoms with Crippen molar-refractivity contribution in [3.05, 3.63) is 63.8 Å². The quantitative estimate of drug-likeness (QED) is 0.467. The van der Waals surface area contributed by atoms with Gasteiger partial charge in [0.25, 0.3) is 0 Å². The second kappa shape index (κ2) is 5.79. The fourth-order valence-electron chi connectivity index (χ4n) is 3.59. The topological polar surface area (TPSA) is 74.6 Å². The van der Waals surface area contributed by atoms with E-state index in [0.717, 1.165) is 51.3 Å². The lowest BCUT2D eigenvalue weighted by Gasteiger charge is -2.08. The molecule has 0 N–H and O–H groups in total. The molecule has 7 nitrogen and oxygen atoms in total. The van der Waals surface area contributed by atoms with Crippen molar-refractivity contribution in [2.24, 2.45) is 0 Å². The highest BCUT2D eigenvalue weighted by Gasteiger charge is 2.25. The van der Waals surface area contributed by atoms with Gasteiger partial charge in [0.2, 0.25) is 0 Å². The maximum atomic E-state index is 6.29. The highest BCUT2D eigenvalue weighted by molar-refractivity contribution is 6.31. The van der Waals surface area contributed by atoms with Crippen LogP contribution in [0, 0.1) is 20.8 Å². The minimum Gasteiger partial charge on any atom is -0.361 e. The molecule has 0 amide bonds. The summed E-state index contributed by atoms with van der Waals surface area (Å²) in [5.74, 6) is 2.34. The maximum Gasteiger partial charge on any atom is 0.160 e. The van der Waals surface area contributed by atoms with Crippen LogP contribution < -0.4 is 0 Å². The average Bonchev–Trinajstić information content (AvgIpc) is 3.28. The molecule has 0 saturated carbocycles. The number of benzene rings is 1. The van der Waals surface area contributed by atoms with Gasteiger partial charge in [-0.25, -0.2) is 14.6 Å².